The van der Waals surface area contributed by atoms with Gasteiger partial charge in [0.2, 0.25) is 0 Å². The smallest absolute Gasteiger partial charge is 0.169 e. The summed E-state index contributed by atoms with van der Waals surface area (Å²) in [6.45, 7) is 6.84. The number of hydrogen-bond acceptors (Lipinski definition) is 4. The molecular weight excluding hydrogens is 310 g/mol. The third-order valence-corrected chi connectivity index (χ3v) is 4.22. The predicted octanol–water partition coefficient (Wildman–Crippen LogP) is 4.08. The molecule has 5 nitrogen and oxygen atoms in total. The van der Waals surface area contributed by atoms with Gasteiger partial charge >= 0.3 is 0 Å². The first-order valence-corrected chi connectivity index (χ1v) is 8.59. The van der Waals surface area contributed by atoms with Crippen LogP contribution in [0.5, 0.6) is 0 Å². The zero-order valence-corrected chi connectivity index (χ0v) is 14.7. The number of benzene rings is 2. The van der Waals surface area contributed by atoms with Gasteiger partial charge in [0.1, 0.15) is 5.71 Å². The molecule has 0 spiro atoms. The molecule has 0 radical (unpaired) electrons. The molecule has 1 aliphatic heterocycles. The van der Waals surface area contributed by atoms with Crippen molar-refractivity contribution >= 4 is 29.1 Å². The fraction of sp³-hybridized carbons (Fsp3) is 0.250. The van der Waals surface area contributed by atoms with Crippen molar-refractivity contribution in [2.24, 2.45) is 10.1 Å². The van der Waals surface area contributed by atoms with Gasteiger partial charge in [0, 0.05) is 18.8 Å². The molecule has 0 saturated heterocycles. The van der Waals surface area contributed by atoms with Crippen LogP contribution in [0.2, 0.25) is 0 Å². The zero-order chi connectivity index (χ0) is 17.6. The Balaban J connectivity index is 1.70. The van der Waals surface area contributed by atoms with Gasteiger partial charge in [-0.05, 0) is 43.7 Å². The molecule has 128 valence electrons. The van der Waals surface area contributed by atoms with Crippen molar-refractivity contribution in [3.05, 3.63) is 60.2 Å². The second-order valence-corrected chi connectivity index (χ2v) is 5.82. The van der Waals surface area contributed by atoms with E-state index in [0.717, 1.165) is 24.3 Å². The summed E-state index contributed by atoms with van der Waals surface area (Å²) in [6.07, 6.45) is 1.66. The Bertz CT molecular complexity index is 773. The van der Waals surface area contributed by atoms with Crippen molar-refractivity contribution in [1.82, 2.24) is 5.01 Å². The van der Waals surface area contributed by atoms with Gasteiger partial charge in [-0.25, -0.2) is 10.0 Å². The van der Waals surface area contributed by atoms with E-state index in [0.29, 0.717) is 18.1 Å². The SMILES string of the molecule is CCN(CC)c1ccc(N=C2C=NN(Cc3ccccc3)C2=N)cc1. The standard InChI is InChI=1S/C20H23N5/c1-3-24(4-2)18-12-10-17(11-13-18)23-19-14-22-25(20(19)21)15-16-8-6-5-7-9-16/h5-14,21H,3-4,15H2,1-2H3. The lowest BCUT2D eigenvalue weighted by atomic mass is 10.2. The molecule has 1 heterocycles. The molecular formula is C20H23N5. The summed E-state index contributed by atoms with van der Waals surface area (Å²) in [7, 11) is 0. The zero-order valence-electron chi connectivity index (χ0n) is 14.7. The van der Waals surface area contributed by atoms with Crippen LogP contribution in [0.3, 0.4) is 0 Å². The van der Waals surface area contributed by atoms with Crippen LogP contribution in [0.15, 0.2) is 64.7 Å². The van der Waals surface area contributed by atoms with Crippen molar-refractivity contribution in [3.63, 3.8) is 0 Å². The maximum Gasteiger partial charge on any atom is 0.169 e. The molecule has 0 aliphatic carbocycles. The highest BCUT2D eigenvalue weighted by atomic mass is 15.5. The summed E-state index contributed by atoms with van der Waals surface area (Å²) >= 11 is 0. The maximum absolute atomic E-state index is 8.29. The Morgan fingerprint density at radius 2 is 1.68 bits per heavy atom. The highest BCUT2D eigenvalue weighted by molar-refractivity contribution is 6.63. The van der Waals surface area contributed by atoms with E-state index in [1.165, 1.54) is 5.69 Å². The second kappa shape index (κ2) is 7.75. The number of hydrazone groups is 1. The Labute approximate surface area is 148 Å². The molecule has 0 saturated carbocycles. The number of nitrogens with one attached hydrogen (secondary N) is 1. The quantitative estimate of drug-likeness (QED) is 0.866. The Kier molecular flexibility index (Phi) is 5.23. The summed E-state index contributed by atoms with van der Waals surface area (Å²) < 4.78 is 0. The molecule has 0 bridgehead atoms. The lowest BCUT2D eigenvalue weighted by molar-refractivity contribution is 0.451. The number of amidine groups is 1. The molecule has 1 aliphatic rings. The first-order valence-electron chi connectivity index (χ1n) is 8.59. The summed E-state index contributed by atoms with van der Waals surface area (Å²) in [4.78, 5) is 6.85. The molecule has 2 aromatic carbocycles. The van der Waals surface area contributed by atoms with Crippen molar-refractivity contribution in [3.8, 4) is 0 Å². The highest BCUT2D eigenvalue weighted by Gasteiger charge is 2.20. The minimum absolute atomic E-state index is 0.330. The van der Waals surface area contributed by atoms with E-state index in [1.807, 2.05) is 42.5 Å². The summed E-state index contributed by atoms with van der Waals surface area (Å²) in [5.74, 6) is 0.330. The van der Waals surface area contributed by atoms with Crippen LogP contribution in [-0.2, 0) is 6.54 Å². The van der Waals surface area contributed by atoms with Gasteiger partial charge in [0.15, 0.2) is 5.84 Å². The monoisotopic (exact) mass is 333 g/mol. The molecule has 3 rings (SSSR count). The van der Waals surface area contributed by atoms with Crippen LogP contribution in [0.1, 0.15) is 19.4 Å². The lowest BCUT2D eigenvalue weighted by Gasteiger charge is -2.20. The average Bonchev–Trinajstić information content (AvgIpc) is 2.98. The van der Waals surface area contributed by atoms with Crippen LogP contribution < -0.4 is 4.90 Å². The third kappa shape index (κ3) is 3.94. The van der Waals surface area contributed by atoms with E-state index in [9.17, 15) is 0 Å². The summed E-state index contributed by atoms with van der Waals surface area (Å²) in [5, 5.41) is 14.3. The van der Waals surface area contributed by atoms with E-state index in [-0.39, 0.29) is 0 Å². The van der Waals surface area contributed by atoms with Gasteiger partial charge in [-0.2, -0.15) is 5.10 Å². The lowest BCUT2D eigenvalue weighted by Crippen LogP contribution is -2.25. The average molecular weight is 333 g/mol. The van der Waals surface area contributed by atoms with Crippen LogP contribution in [0.4, 0.5) is 11.4 Å². The third-order valence-electron chi connectivity index (χ3n) is 4.22. The Morgan fingerprint density at radius 3 is 2.32 bits per heavy atom. The van der Waals surface area contributed by atoms with Gasteiger partial charge in [-0.3, -0.25) is 5.41 Å². The van der Waals surface area contributed by atoms with Gasteiger partial charge in [-0.1, -0.05) is 30.3 Å². The molecule has 25 heavy (non-hydrogen) atoms. The van der Waals surface area contributed by atoms with Crippen LogP contribution in [0, 0.1) is 5.41 Å². The summed E-state index contributed by atoms with van der Waals surface area (Å²) in [5.41, 5.74) is 3.74. The van der Waals surface area contributed by atoms with Gasteiger partial charge in [-0.15, -0.1) is 0 Å². The highest BCUT2D eigenvalue weighted by Crippen LogP contribution is 2.21. The van der Waals surface area contributed by atoms with Crippen LogP contribution in [0.25, 0.3) is 0 Å². The number of hydrogen-bond donors (Lipinski definition) is 1. The summed E-state index contributed by atoms with van der Waals surface area (Å²) in [6, 6.07) is 18.2. The van der Waals surface area contributed by atoms with Gasteiger partial charge < -0.3 is 4.90 Å². The van der Waals surface area contributed by atoms with E-state index >= 15 is 0 Å². The van der Waals surface area contributed by atoms with Gasteiger partial charge in [0.25, 0.3) is 0 Å². The maximum atomic E-state index is 8.29. The topological polar surface area (TPSA) is 55.1 Å². The Morgan fingerprint density at radius 1 is 1.00 bits per heavy atom. The fourth-order valence-electron chi connectivity index (χ4n) is 2.80. The van der Waals surface area contributed by atoms with E-state index < -0.39 is 0 Å². The fourth-order valence-corrected chi connectivity index (χ4v) is 2.80. The van der Waals surface area contributed by atoms with Crippen molar-refractivity contribution < 1.29 is 0 Å². The molecule has 0 amide bonds. The molecule has 0 aromatic heterocycles. The first kappa shape index (κ1) is 16.9. The molecule has 0 atom stereocenters. The van der Waals surface area contributed by atoms with Crippen molar-refractivity contribution in [1.29, 1.82) is 5.41 Å². The molecule has 1 N–H and O–H groups in total. The minimum Gasteiger partial charge on any atom is -0.372 e. The molecule has 5 heteroatoms. The molecule has 2 aromatic rings. The Hall–Kier alpha value is -2.95. The number of nitrogens with zero attached hydrogens (tertiary/aromatic N) is 4. The number of aliphatic imine (C=N–C) groups is 1. The minimum atomic E-state index is 0.330. The predicted molar refractivity (Wildman–Crippen MR) is 105 cm³/mol. The first-order chi connectivity index (χ1) is 12.2. The normalized spacial score (nSPS) is 15.2. The van der Waals surface area contributed by atoms with Crippen LogP contribution in [-0.4, -0.2) is 35.9 Å². The molecule has 0 fully saturated rings. The van der Waals surface area contributed by atoms with E-state index in [4.69, 9.17) is 5.41 Å². The number of rotatable bonds is 6. The van der Waals surface area contributed by atoms with E-state index in [2.05, 4.69) is 41.0 Å². The van der Waals surface area contributed by atoms with Gasteiger partial charge in [0.05, 0.1) is 18.4 Å². The van der Waals surface area contributed by atoms with Crippen molar-refractivity contribution in [2.45, 2.75) is 20.4 Å². The number of anilines is 1. The largest absolute Gasteiger partial charge is 0.372 e. The van der Waals surface area contributed by atoms with E-state index in [1.54, 1.807) is 11.2 Å². The molecule has 0 unspecified atom stereocenters. The second-order valence-electron chi connectivity index (χ2n) is 5.82. The van der Waals surface area contributed by atoms with Crippen molar-refractivity contribution in [2.75, 3.05) is 18.0 Å². The van der Waals surface area contributed by atoms with Crippen LogP contribution >= 0.6 is 0 Å².